The Morgan fingerprint density at radius 3 is 1.89 bits per heavy atom. The molecule has 0 atom stereocenters. The van der Waals surface area contributed by atoms with Crippen LogP contribution in [0.15, 0.2) is 48.8 Å². The van der Waals surface area contributed by atoms with Gasteiger partial charge in [0.15, 0.2) is 5.52 Å². The average molecular weight is 508 g/mol. The Kier molecular flexibility index (Phi) is 7.58. The van der Waals surface area contributed by atoms with Crippen molar-refractivity contribution in [3.63, 3.8) is 0 Å². The van der Waals surface area contributed by atoms with Gasteiger partial charge in [0.1, 0.15) is 5.69 Å². The van der Waals surface area contributed by atoms with E-state index in [2.05, 4.69) is 130 Å². The minimum atomic E-state index is 0.0877. The van der Waals surface area contributed by atoms with Crippen molar-refractivity contribution in [1.82, 2.24) is 4.98 Å². The molecule has 4 aromatic rings. The van der Waals surface area contributed by atoms with Gasteiger partial charge in [0.05, 0.1) is 12.4 Å². The van der Waals surface area contributed by atoms with Crippen molar-refractivity contribution in [2.75, 3.05) is 0 Å². The highest BCUT2D eigenvalue weighted by molar-refractivity contribution is 5.94. The lowest BCUT2D eigenvalue weighted by molar-refractivity contribution is -0.662. The van der Waals surface area contributed by atoms with Gasteiger partial charge in [-0.1, -0.05) is 86.6 Å². The van der Waals surface area contributed by atoms with Gasteiger partial charge in [0.25, 0.3) is 6.33 Å². The Balaban J connectivity index is 2.01. The fourth-order valence-electron chi connectivity index (χ4n) is 5.55. The van der Waals surface area contributed by atoms with Crippen molar-refractivity contribution >= 4 is 10.9 Å². The summed E-state index contributed by atoms with van der Waals surface area (Å²) < 4.78 is 2.19. The minimum Gasteiger partial charge on any atom is -0.232 e. The first-order valence-electron chi connectivity index (χ1n) is 14.3. The zero-order valence-electron chi connectivity index (χ0n) is 25.7. The van der Waals surface area contributed by atoms with Gasteiger partial charge >= 0.3 is 0 Å². The highest BCUT2D eigenvalue weighted by Gasteiger charge is 2.24. The molecule has 0 radical (unpaired) electrons. The first-order valence-corrected chi connectivity index (χ1v) is 14.3. The molecule has 200 valence electrons. The SMILES string of the molecule is Cc1cc(C(C)(C)C)cc(-c2c3ccc(-c4c(C(C)C)cc(C(C)C)cc4C(C)C)cc3nc[n+]2C)c1C. The molecule has 3 aromatic carbocycles. The van der Waals surface area contributed by atoms with E-state index in [1.165, 1.54) is 61.2 Å². The molecule has 0 unspecified atom stereocenters. The summed E-state index contributed by atoms with van der Waals surface area (Å²) in [6, 6.07) is 16.6. The van der Waals surface area contributed by atoms with Crippen LogP contribution in [0.5, 0.6) is 0 Å². The van der Waals surface area contributed by atoms with Crippen molar-refractivity contribution in [1.29, 1.82) is 0 Å². The Hall–Kier alpha value is -3.00. The van der Waals surface area contributed by atoms with Crippen LogP contribution in [0.1, 0.15) is 113 Å². The summed E-state index contributed by atoms with van der Waals surface area (Å²) in [6.45, 7) is 25.2. The molecule has 0 aliphatic heterocycles. The molecule has 38 heavy (non-hydrogen) atoms. The molecule has 4 rings (SSSR count). The Labute approximate surface area is 231 Å². The van der Waals surface area contributed by atoms with E-state index in [1.807, 2.05) is 6.33 Å². The lowest BCUT2D eigenvalue weighted by Gasteiger charge is -2.23. The van der Waals surface area contributed by atoms with E-state index in [0.29, 0.717) is 17.8 Å². The summed E-state index contributed by atoms with van der Waals surface area (Å²) in [6.07, 6.45) is 1.98. The maximum atomic E-state index is 4.93. The first-order chi connectivity index (χ1) is 17.7. The smallest absolute Gasteiger partial charge is 0.232 e. The van der Waals surface area contributed by atoms with Crippen molar-refractivity contribution in [3.8, 4) is 22.4 Å². The second-order valence-corrected chi connectivity index (χ2v) is 13.2. The van der Waals surface area contributed by atoms with Gasteiger partial charge in [0.2, 0.25) is 0 Å². The van der Waals surface area contributed by atoms with Crippen LogP contribution in [0.25, 0.3) is 33.3 Å². The molecule has 0 amide bonds. The van der Waals surface area contributed by atoms with Crippen molar-refractivity contribution in [2.24, 2.45) is 7.05 Å². The maximum Gasteiger partial charge on any atom is 0.287 e. The number of hydrogen-bond acceptors (Lipinski definition) is 1. The molecule has 0 spiro atoms. The van der Waals surface area contributed by atoms with E-state index >= 15 is 0 Å². The Bertz CT molecular complexity index is 1470. The number of nitrogens with zero attached hydrogens (tertiary/aromatic N) is 2. The highest BCUT2D eigenvalue weighted by Crippen LogP contribution is 2.40. The lowest BCUT2D eigenvalue weighted by Crippen LogP contribution is -2.32. The van der Waals surface area contributed by atoms with Gasteiger partial charge in [-0.2, -0.15) is 0 Å². The van der Waals surface area contributed by atoms with E-state index in [4.69, 9.17) is 4.98 Å². The summed E-state index contributed by atoms with van der Waals surface area (Å²) in [5, 5.41) is 1.20. The van der Waals surface area contributed by atoms with Crippen LogP contribution in [0.4, 0.5) is 0 Å². The molecule has 0 aliphatic rings. The zero-order valence-corrected chi connectivity index (χ0v) is 25.7. The lowest BCUT2D eigenvalue weighted by atomic mass is 9.81. The molecule has 2 heteroatoms. The van der Waals surface area contributed by atoms with Gasteiger partial charge in [0, 0.05) is 5.56 Å². The van der Waals surface area contributed by atoms with Crippen LogP contribution in [0.3, 0.4) is 0 Å². The number of rotatable bonds is 5. The van der Waals surface area contributed by atoms with Crippen molar-refractivity contribution in [3.05, 3.63) is 82.2 Å². The van der Waals surface area contributed by atoms with E-state index in [0.717, 1.165) is 5.52 Å². The quantitative estimate of drug-likeness (QED) is 0.246. The van der Waals surface area contributed by atoms with Crippen LogP contribution in [0.2, 0.25) is 0 Å². The summed E-state index contributed by atoms with van der Waals surface area (Å²) in [5.41, 5.74) is 14.7. The largest absolute Gasteiger partial charge is 0.287 e. The molecular weight excluding hydrogens is 460 g/mol. The molecule has 0 bridgehead atoms. The van der Waals surface area contributed by atoms with Crippen LogP contribution in [-0.4, -0.2) is 4.98 Å². The van der Waals surface area contributed by atoms with E-state index in [1.54, 1.807) is 0 Å². The number of aromatic nitrogens is 2. The second-order valence-electron chi connectivity index (χ2n) is 13.2. The molecule has 0 fully saturated rings. The molecule has 0 saturated heterocycles. The topological polar surface area (TPSA) is 16.8 Å². The van der Waals surface area contributed by atoms with Gasteiger partial charge < -0.3 is 0 Å². The third kappa shape index (κ3) is 5.15. The van der Waals surface area contributed by atoms with Crippen LogP contribution in [0, 0.1) is 13.8 Å². The molecule has 0 N–H and O–H groups in total. The summed E-state index contributed by atoms with van der Waals surface area (Å²) >= 11 is 0. The predicted molar refractivity (Wildman–Crippen MR) is 164 cm³/mol. The zero-order chi connectivity index (χ0) is 28.1. The summed E-state index contributed by atoms with van der Waals surface area (Å²) in [7, 11) is 2.12. The van der Waals surface area contributed by atoms with E-state index in [9.17, 15) is 0 Å². The molecule has 0 saturated carbocycles. The highest BCUT2D eigenvalue weighted by atomic mass is 15.0. The molecular formula is C36H47N2+. The third-order valence-electron chi connectivity index (χ3n) is 8.19. The Morgan fingerprint density at radius 1 is 0.763 bits per heavy atom. The summed E-state index contributed by atoms with van der Waals surface area (Å²) in [4.78, 5) is 4.93. The van der Waals surface area contributed by atoms with E-state index in [-0.39, 0.29) is 5.41 Å². The maximum absolute atomic E-state index is 4.93. The standard InChI is InChI=1S/C36H47N2/c1-21(2)27-16-30(22(3)4)34(31(17-27)23(5)6)26-13-14-29-33(18-26)37-20-38(12)35(29)32-19-28(36(9,10)11)15-24(7)25(32)8/h13-23H,1-12H3/q+1. The van der Waals surface area contributed by atoms with Crippen LogP contribution in [-0.2, 0) is 12.5 Å². The van der Waals surface area contributed by atoms with Crippen molar-refractivity contribution < 1.29 is 4.57 Å². The number of aryl methyl sites for hydroxylation is 2. The predicted octanol–water partition coefficient (Wildman–Crippen LogP) is 9.68. The van der Waals surface area contributed by atoms with E-state index < -0.39 is 0 Å². The van der Waals surface area contributed by atoms with Crippen LogP contribution < -0.4 is 4.57 Å². The summed E-state index contributed by atoms with van der Waals surface area (Å²) in [5.74, 6) is 1.40. The van der Waals surface area contributed by atoms with Gasteiger partial charge in [-0.3, -0.25) is 0 Å². The third-order valence-corrected chi connectivity index (χ3v) is 8.19. The Morgan fingerprint density at radius 2 is 1.37 bits per heavy atom. The fraction of sp³-hybridized carbons (Fsp3) is 0.444. The number of benzene rings is 3. The second kappa shape index (κ2) is 10.3. The normalized spacial score (nSPS) is 12.4. The van der Waals surface area contributed by atoms with Gasteiger partial charge in [-0.05, 0) is 105 Å². The minimum absolute atomic E-state index is 0.0877. The molecule has 2 nitrogen and oxygen atoms in total. The van der Waals surface area contributed by atoms with Gasteiger partial charge in [-0.15, -0.1) is 0 Å². The monoisotopic (exact) mass is 507 g/mol. The fourth-order valence-corrected chi connectivity index (χ4v) is 5.55. The molecule has 0 aliphatic carbocycles. The first kappa shape index (κ1) is 28.0. The van der Waals surface area contributed by atoms with Crippen LogP contribution >= 0.6 is 0 Å². The average Bonchev–Trinajstić information content (AvgIpc) is 2.84. The number of fused-ring (bicyclic) bond motifs is 1. The van der Waals surface area contributed by atoms with Gasteiger partial charge in [-0.25, -0.2) is 4.57 Å². The number of hydrogen-bond donors (Lipinski definition) is 0. The molecule has 1 heterocycles. The molecule has 1 aromatic heterocycles. The van der Waals surface area contributed by atoms with Crippen molar-refractivity contribution in [2.45, 2.75) is 99.3 Å².